The molecule has 0 fully saturated rings. The van der Waals surface area contributed by atoms with E-state index in [4.69, 9.17) is 9.15 Å². The third-order valence-electron chi connectivity index (χ3n) is 3.18. The number of hydrogen-bond donors (Lipinski definition) is 0. The summed E-state index contributed by atoms with van der Waals surface area (Å²) < 4.78 is 10.7. The molecule has 0 aliphatic rings. The first-order valence-corrected chi connectivity index (χ1v) is 6.96. The van der Waals surface area contributed by atoms with Crippen molar-refractivity contribution in [1.82, 2.24) is 4.98 Å². The van der Waals surface area contributed by atoms with Crippen LogP contribution >= 0.6 is 0 Å². The minimum Gasteiger partial charge on any atom is -0.455 e. The van der Waals surface area contributed by atoms with Gasteiger partial charge in [-0.3, -0.25) is 0 Å². The molecule has 2 aromatic carbocycles. The van der Waals surface area contributed by atoms with Crippen LogP contribution in [0.15, 0.2) is 65.3 Å². The van der Waals surface area contributed by atoms with Gasteiger partial charge in [0.05, 0.1) is 5.56 Å². The maximum absolute atomic E-state index is 12.0. The Balaban J connectivity index is 1.65. The number of carbonyl (C=O) groups excluding carboxylic acids is 1. The summed E-state index contributed by atoms with van der Waals surface area (Å²) in [4.78, 5) is 16.3. The fraction of sp³-hybridized carbons (Fsp3) is 0.111. The lowest BCUT2D eigenvalue weighted by atomic mass is 10.1. The second-order valence-electron chi connectivity index (χ2n) is 4.96. The monoisotopic (exact) mass is 293 g/mol. The maximum atomic E-state index is 12.0. The number of esters is 1. The molecule has 0 radical (unpaired) electrons. The van der Waals surface area contributed by atoms with Crippen molar-refractivity contribution >= 4 is 5.97 Å². The van der Waals surface area contributed by atoms with Crippen LogP contribution in [0.3, 0.4) is 0 Å². The van der Waals surface area contributed by atoms with E-state index in [0.29, 0.717) is 17.1 Å². The molecule has 110 valence electrons. The standard InChI is InChI=1S/C18H15NO3/c1-13-6-5-9-15(10-13)18(20)22-12-16-11-21-17(19-16)14-7-3-2-4-8-14/h2-11H,12H2,1H3. The normalized spacial score (nSPS) is 10.4. The Morgan fingerprint density at radius 3 is 2.73 bits per heavy atom. The number of ether oxygens (including phenoxy) is 1. The molecule has 4 nitrogen and oxygen atoms in total. The van der Waals surface area contributed by atoms with Gasteiger partial charge in [0.2, 0.25) is 5.89 Å². The first-order chi connectivity index (χ1) is 10.7. The summed E-state index contributed by atoms with van der Waals surface area (Å²) in [6.07, 6.45) is 1.51. The van der Waals surface area contributed by atoms with E-state index < -0.39 is 0 Å². The Morgan fingerprint density at radius 1 is 1.14 bits per heavy atom. The van der Waals surface area contributed by atoms with Gasteiger partial charge in [0, 0.05) is 5.56 Å². The first kappa shape index (κ1) is 14.1. The summed E-state index contributed by atoms with van der Waals surface area (Å²) in [6, 6.07) is 16.9. The number of rotatable bonds is 4. The van der Waals surface area contributed by atoms with Crippen molar-refractivity contribution in [3.8, 4) is 11.5 Å². The third kappa shape index (κ3) is 3.23. The van der Waals surface area contributed by atoms with Crippen LogP contribution in [0.5, 0.6) is 0 Å². The number of carbonyl (C=O) groups is 1. The third-order valence-corrected chi connectivity index (χ3v) is 3.18. The van der Waals surface area contributed by atoms with Crippen molar-refractivity contribution in [3.05, 3.63) is 77.7 Å². The van der Waals surface area contributed by atoms with Gasteiger partial charge in [-0.05, 0) is 31.2 Å². The van der Waals surface area contributed by atoms with Crippen LogP contribution in [0.4, 0.5) is 0 Å². The van der Waals surface area contributed by atoms with Crippen LogP contribution in [0.25, 0.3) is 11.5 Å². The van der Waals surface area contributed by atoms with Gasteiger partial charge in [-0.1, -0.05) is 35.9 Å². The molecule has 0 atom stereocenters. The summed E-state index contributed by atoms with van der Waals surface area (Å²) in [7, 11) is 0. The Labute approximate surface area is 128 Å². The van der Waals surface area contributed by atoms with Crippen molar-refractivity contribution in [2.75, 3.05) is 0 Å². The number of aryl methyl sites for hydroxylation is 1. The van der Waals surface area contributed by atoms with E-state index in [2.05, 4.69) is 4.98 Å². The molecule has 3 rings (SSSR count). The predicted octanol–water partition coefficient (Wildman–Crippen LogP) is 4.01. The second-order valence-corrected chi connectivity index (χ2v) is 4.96. The maximum Gasteiger partial charge on any atom is 0.338 e. The molecule has 0 aliphatic carbocycles. The fourth-order valence-corrected chi connectivity index (χ4v) is 2.08. The molecule has 22 heavy (non-hydrogen) atoms. The fourth-order valence-electron chi connectivity index (χ4n) is 2.08. The van der Waals surface area contributed by atoms with E-state index in [9.17, 15) is 4.79 Å². The zero-order valence-electron chi connectivity index (χ0n) is 12.2. The van der Waals surface area contributed by atoms with Crippen LogP contribution < -0.4 is 0 Å². The van der Waals surface area contributed by atoms with Crippen LogP contribution in [-0.4, -0.2) is 11.0 Å². The number of oxazole rings is 1. The van der Waals surface area contributed by atoms with Gasteiger partial charge >= 0.3 is 5.97 Å². The molecule has 0 bridgehead atoms. The Morgan fingerprint density at radius 2 is 1.95 bits per heavy atom. The molecule has 4 heteroatoms. The Bertz CT molecular complexity index is 778. The zero-order chi connectivity index (χ0) is 15.4. The molecule has 1 aromatic heterocycles. The predicted molar refractivity (Wildman–Crippen MR) is 82.2 cm³/mol. The first-order valence-electron chi connectivity index (χ1n) is 6.96. The largest absolute Gasteiger partial charge is 0.455 e. The number of nitrogens with zero attached hydrogens (tertiary/aromatic N) is 1. The highest BCUT2D eigenvalue weighted by atomic mass is 16.5. The lowest BCUT2D eigenvalue weighted by Gasteiger charge is -2.03. The smallest absolute Gasteiger partial charge is 0.338 e. The van der Waals surface area contributed by atoms with Gasteiger partial charge < -0.3 is 9.15 Å². The molecular formula is C18H15NO3. The highest BCUT2D eigenvalue weighted by Crippen LogP contribution is 2.18. The van der Waals surface area contributed by atoms with Gasteiger partial charge in [-0.25, -0.2) is 9.78 Å². The summed E-state index contributed by atoms with van der Waals surface area (Å²) in [5, 5.41) is 0. The minimum absolute atomic E-state index is 0.0864. The Kier molecular flexibility index (Phi) is 4.01. The van der Waals surface area contributed by atoms with Gasteiger partial charge in [0.15, 0.2) is 0 Å². The summed E-state index contributed by atoms with van der Waals surface area (Å²) in [6.45, 7) is 2.02. The topological polar surface area (TPSA) is 52.3 Å². The van der Waals surface area contributed by atoms with E-state index in [0.717, 1.165) is 11.1 Å². The van der Waals surface area contributed by atoms with Gasteiger partial charge in [0.1, 0.15) is 18.6 Å². The molecule has 0 saturated heterocycles. The van der Waals surface area contributed by atoms with E-state index in [1.165, 1.54) is 6.26 Å². The lowest BCUT2D eigenvalue weighted by molar-refractivity contribution is 0.0467. The number of hydrogen-bond acceptors (Lipinski definition) is 4. The molecule has 0 amide bonds. The van der Waals surface area contributed by atoms with Crippen molar-refractivity contribution in [3.63, 3.8) is 0 Å². The quantitative estimate of drug-likeness (QED) is 0.682. The molecule has 3 aromatic rings. The Hall–Kier alpha value is -2.88. The van der Waals surface area contributed by atoms with Crippen molar-refractivity contribution < 1.29 is 13.9 Å². The van der Waals surface area contributed by atoms with Crippen molar-refractivity contribution in [1.29, 1.82) is 0 Å². The average Bonchev–Trinajstić information content (AvgIpc) is 3.02. The summed E-state index contributed by atoms with van der Waals surface area (Å²) >= 11 is 0. The van der Waals surface area contributed by atoms with Gasteiger partial charge in [-0.2, -0.15) is 0 Å². The average molecular weight is 293 g/mol. The van der Waals surface area contributed by atoms with E-state index in [1.807, 2.05) is 49.4 Å². The molecule has 0 N–H and O–H groups in total. The van der Waals surface area contributed by atoms with Crippen LogP contribution in [0, 0.1) is 6.92 Å². The highest BCUT2D eigenvalue weighted by Gasteiger charge is 2.10. The van der Waals surface area contributed by atoms with E-state index >= 15 is 0 Å². The van der Waals surface area contributed by atoms with E-state index in [-0.39, 0.29) is 12.6 Å². The van der Waals surface area contributed by atoms with Crippen molar-refractivity contribution in [2.45, 2.75) is 13.5 Å². The second kappa shape index (κ2) is 6.26. The molecular weight excluding hydrogens is 278 g/mol. The molecule has 0 saturated carbocycles. The van der Waals surface area contributed by atoms with Crippen LogP contribution in [0.1, 0.15) is 21.6 Å². The number of benzene rings is 2. The lowest BCUT2D eigenvalue weighted by Crippen LogP contribution is -2.05. The molecule has 0 unspecified atom stereocenters. The van der Waals surface area contributed by atoms with Gasteiger partial charge in [0.25, 0.3) is 0 Å². The summed E-state index contributed by atoms with van der Waals surface area (Å²) in [5.41, 5.74) is 3.02. The molecule has 0 spiro atoms. The highest BCUT2D eigenvalue weighted by molar-refractivity contribution is 5.89. The van der Waals surface area contributed by atoms with Gasteiger partial charge in [-0.15, -0.1) is 0 Å². The SMILES string of the molecule is Cc1cccc(C(=O)OCc2coc(-c3ccccc3)n2)c1. The molecule has 1 heterocycles. The zero-order valence-corrected chi connectivity index (χ0v) is 12.2. The number of aromatic nitrogens is 1. The van der Waals surface area contributed by atoms with Crippen LogP contribution in [-0.2, 0) is 11.3 Å². The van der Waals surface area contributed by atoms with E-state index in [1.54, 1.807) is 12.1 Å². The van der Waals surface area contributed by atoms with Crippen molar-refractivity contribution in [2.24, 2.45) is 0 Å². The molecule has 0 aliphatic heterocycles. The van der Waals surface area contributed by atoms with Crippen LogP contribution in [0.2, 0.25) is 0 Å². The summed E-state index contributed by atoms with van der Waals surface area (Å²) in [5.74, 6) is 0.148. The minimum atomic E-state index is -0.368.